The summed E-state index contributed by atoms with van der Waals surface area (Å²) in [6.45, 7) is 5.44. The van der Waals surface area contributed by atoms with Crippen LogP contribution < -0.4 is 0 Å². The second-order valence-electron chi connectivity index (χ2n) is 6.81. The predicted octanol–water partition coefficient (Wildman–Crippen LogP) is 5.25. The van der Waals surface area contributed by atoms with Gasteiger partial charge >= 0.3 is 0 Å². The molecule has 1 aliphatic heterocycles. The van der Waals surface area contributed by atoms with Crippen molar-refractivity contribution >= 4 is 32.3 Å². The van der Waals surface area contributed by atoms with Gasteiger partial charge in [-0.05, 0) is 41.1 Å². The molecule has 1 N–H and O–H groups in total. The van der Waals surface area contributed by atoms with Gasteiger partial charge in [0.1, 0.15) is 0 Å². The third-order valence-electron chi connectivity index (χ3n) is 5.18. The fourth-order valence-electron chi connectivity index (χ4n) is 4.03. The summed E-state index contributed by atoms with van der Waals surface area (Å²) in [5, 5.41) is 5.20. The number of aryl methyl sites for hydroxylation is 1. The highest BCUT2D eigenvalue weighted by atomic mass is 32.1. The maximum atomic E-state index is 3.69. The van der Waals surface area contributed by atoms with Gasteiger partial charge in [-0.2, -0.15) is 0 Å². The Hall–Kier alpha value is -2.10. The zero-order chi connectivity index (χ0) is 16.1. The molecule has 2 nitrogen and oxygen atoms in total. The van der Waals surface area contributed by atoms with Crippen molar-refractivity contribution in [1.29, 1.82) is 0 Å². The minimum absolute atomic E-state index is 1.03. The van der Waals surface area contributed by atoms with Crippen molar-refractivity contribution in [1.82, 2.24) is 9.88 Å². The number of fused-ring (bicyclic) bond motifs is 5. The summed E-state index contributed by atoms with van der Waals surface area (Å²) >= 11 is 1.86. The van der Waals surface area contributed by atoms with E-state index in [-0.39, 0.29) is 0 Å². The van der Waals surface area contributed by atoms with Gasteiger partial charge in [0, 0.05) is 52.7 Å². The lowest BCUT2D eigenvalue weighted by Gasteiger charge is -2.27. The third-order valence-corrected chi connectivity index (χ3v) is 6.25. The molecule has 0 saturated carbocycles. The molecule has 3 heterocycles. The average molecular weight is 332 g/mol. The number of nitrogens with one attached hydrogen (secondary N) is 1. The minimum Gasteiger partial charge on any atom is -0.358 e. The van der Waals surface area contributed by atoms with Gasteiger partial charge in [-0.3, -0.25) is 4.90 Å². The largest absolute Gasteiger partial charge is 0.358 e. The van der Waals surface area contributed by atoms with Crippen molar-refractivity contribution in [3.63, 3.8) is 0 Å². The van der Waals surface area contributed by atoms with Crippen LogP contribution in [0.25, 0.3) is 21.0 Å². The first-order valence-corrected chi connectivity index (χ1v) is 9.44. The summed E-state index contributed by atoms with van der Waals surface area (Å²) < 4.78 is 1.40. The van der Waals surface area contributed by atoms with Crippen LogP contribution in [0.2, 0.25) is 0 Å². The predicted molar refractivity (Wildman–Crippen MR) is 103 cm³/mol. The van der Waals surface area contributed by atoms with Gasteiger partial charge in [0.2, 0.25) is 0 Å². The Morgan fingerprint density at radius 2 is 1.96 bits per heavy atom. The summed E-state index contributed by atoms with van der Waals surface area (Å²) in [5.41, 5.74) is 7.06. The van der Waals surface area contributed by atoms with Gasteiger partial charge in [0.15, 0.2) is 0 Å². The van der Waals surface area contributed by atoms with Crippen molar-refractivity contribution in [2.24, 2.45) is 0 Å². The molecule has 0 radical (unpaired) electrons. The maximum Gasteiger partial charge on any atom is 0.0466 e. The molecule has 0 atom stereocenters. The van der Waals surface area contributed by atoms with E-state index in [9.17, 15) is 0 Å². The number of aromatic nitrogens is 1. The van der Waals surface area contributed by atoms with Crippen molar-refractivity contribution in [3.05, 3.63) is 70.2 Å². The molecule has 0 amide bonds. The maximum absolute atomic E-state index is 3.69. The van der Waals surface area contributed by atoms with Crippen molar-refractivity contribution in [2.75, 3.05) is 6.54 Å². The number of aromatic amines is 1. The van der Waals surface area contributed by atoms with Crippen LogP contribution in [0.15, 0.2) is 47.8 Å². The molecule has 0 saturated heterocycles. The molecule has 0 aliphatic carbocycles. The quantitative estimate of drug-likeness (QED) is 0.531. The number of rotatable bonds is 2. The monoisotopic (exact) mass is 332 g/mol. The number of nitrogens with zero attached hydrogens (tertiary/aromatic N) is 1. The molecule has 2 aromatic heterocycles. The van der Waals surface area contributed by atoms with Crippen LogP contribution in [-0.4, -0.2) is 16.4 Å². The van der Waals surface area contributed by atoms with E-state index in [0.717, 1.165) is 26.1 Å². The first kappa shape index (κ1) is 14.3. The van der Waals surface area contributed by atoms with Crippen LogP contribution in [-0.2, 0) is 19.5 Å². The van der Waals surface area contributed by atoms with Crippen LogP contribution in [0.5, 0.6) is 0 Å². The number of thiophene rings is 1. The Balaban J connectivity index is 1.59. The van der Waals surface area contributed by atoms with Crippen molar-refractivity contribution in [3.8, 4) is 0 Å². The first-order valence-electron chi connectivity index (χ1n) is 8.56. The highest BCUT2D eigenvalue weighted by Crippen LogP contribution is 2.37. The second kappa shape index (κ2) is 5.47. The van der Waals surface area contributed by atoms with Crippen LogP contribution >= 0.6 is 11.3 Å². The number of hydrogen-bond donors (Lipinski definition) is 1. The molecule has 0 bridgehead atoms. The number of benzene rings is 2. The summed E-state index contributed by atoms with van der Waals surface area (Å²) in [7, 11) is 0. The number of H-pyrrole nitrogens is 1. The molecule has 1 aliphatic rings. The smallest absolute Gasteiger partial charge is 0.0466 e. The van der Waals surface area contributed by atoms with E-state index >= 15 is 0 Å². The Bertz CT molecular complexity index is 1030. The number of hydrogen-bond acceptors (Lipinski definition) is 2. The molecule has 0 unspecified atom stereocenters. The van der Waals surface area contributed by atoms with Gasteiger partial charge in [-0.25, -0.2) is 0 Å². The summed E-state index contributed by atoms with van der Waals surface area (Å²) in [6.07, 6.45) is 1.11. The molecular weight excluding hydrogens is 312 g/mol. The lowest BCUT2D eigenvalue weighted by molar-refractivity contribution is 0.246. The van der Waals surface area contributed by atoms with E-state index in [0.29, 0.717) is 0 Å². The first-order chi connectivity index (χ1) is 11.8. The highest BCUT2D eigenvalue weighted by Gasteiger charge is 2.22. The fourth-order valence-corrected chi connectivity index (χ4v) is 4.98. The van der Waals surface area contributed by atoms with Gasteiger partial charge in [-0.15, -0.1) is 11.3 Å². The second-order valence-corrected chi connectivity index (χ2v) is 7.72. The van der Waals surface area contributed by atoms with Crippen LogP contribution in [0.3, 0.4) is 0 Å². The van der Waals surface area contributed by atoms with Crippen molar-refractivity contribution in [2.45, 2.75) is 26.4 Å². The molecule has 2 aromatic carbocycles. The van der Waals surface area contributed by atoms with E-state index in [1.165, 1.54) is 43.4 Å². The molecule has 4 aromatic rings. The van der Waals surface area contributed by atoms with Gasteiger partial charge in [0.25, 0.3) is 0 Å². The Morgan fingerprint density at radius 1 is 1.08 bits per heavy atom. The molecule has 0 spiro atoms. The van der Waals surface area contributed by atoms with Gasteiger partial charge in [0.05, 0.1) is 0 Å². The summed E-state index contributed by atoms with van der Waals surface area (Å²) in [4.78, 5) is 6.26. The van der Waals surface area contributed by atoms with Gasteiger partial charge in [-0.1, -0.05) is 30.3 Å². The lowest BCUT2D eigenvalue weighted by Crippen LogP contribution is -2.29. The summed E-state index contributed by atoms with van der Waals surface area (Å²) in [5.74, 6) is 0. The van der Waals surface area contributed by atoms with Crippen molar-refractivity contribution < 1.29 is 0 Å². The zero-order valence-electron chi connectivity index (χ0n) is 13.8. The van der Waals surface area contributed by atoms with Crippen LogP contribution in [0, 0.1) is 6.92 Å². The zero-order valence-corrected chi connectivity index (χ0v) is 14.6. The molecule has 0 fully saturated rings. The highest BCUT2D eigenvalue weighted by molar-refractivity contribution is 7.17. The van der Waals surface area contributed by atoms with Gasteiger partial charge < -0.3 is 4.98 Å². The lowest BCUT2D eigenvalue weighted by atomic mass is 10.0. The topological polar surface area (TPSA) is 19.0 Å². The molecule has 24 heavy (non-hydrogen) atoms. The van der Waals surface area contributed by atoms with E-state index in [1.54, 1.807) is 0 Å². The Morgan fingerprint density at radius 3 is 2.83 bits per heavy atom. The third kappa shape index (κ3) is 2.20. The molecule has 3 heteroatoms. The standard InChI is InChI=1S/C21H20N2S/c1-14-13-24-19-8-7-18-21(20(14)19)16-12-23(10-9-17(16)22-18)11-15-5-3-2-4-6-15/h2-8,13,22H,9-12H2,1H3. The average Bonchev–Trinajstić information content (AvgIpc) is 3.16. The van der Waals surface area contributed by atoms with E-state index in [4.69, 9.17) is 0 Å². The Labute approximate surface area is 145 Å². The van der Waals surface area contributed by atoms with Crippen LogP contribution in [0.4, 0.5) is 0 Å². The Kier molecular flexibility index (Phi) is 3.25. The van der Waals surface area contributed by atoms with E-state index in [1.807, 2.05) is 11.3 Å². The van der Waals surface area contributed by atoms with E-state index < -0.39 is 0 Å². The molecule has 5 rings (SSSR count). The summed E-state index contributed by atoms with van der Waals surface area (Å²) in [6, 6.07) is 15.3. The molecular formula is C21H20N2S. The van der Waals surface area contributed by atoms with Crippen LogP contribution in [0.1, 0.15) is 22.4 Å². The van der Waals surface area contributed by atoms with E-state index in [2.05, 4.69) is 64.7 Å². The minimum atomic E-state index is 1.03. The molecule has 120 valence electrons. The normalized spacial score (nSPS) is 15.2. The fraction of sp³-hybridized carbons (Fsp3) is 0.238. The SMILES string of the molecule is Cc1csc2ccc3[nH]c4c(c3c12)CN(Cc1ccccc1)CC4.